The van der Waals surface area contributed by atoms with Gasteiger partial charge in [0.2, 0.25) is 0 Å². The van der Waals surface area contributed by atoms with Crippen molar-refractivity contribution < 1.29 is 14.3 Å². The first-order valence-electron chi connectivity index (χ1n) is 6.95. The van der Waals surface area contributed by atoms with E-state index in [1.54, 1.807) is 37.3 Å². The van der Waals surface area contributed by atoms with E-state index in [2.05, 4.69) is 5.87 Å². The number of nitrogens with one attached hydrogen (secondary N) is 1. The van der Waals surface area contributed by atoms with Crippen LogP contribution in [0.3, 0.4) is 0 Å². The topological polar surface area (TPSA) is 107 Å². The van der Waals surface area contributed by atoms with E-state index in [4.69, 9.17) is 25.4 Å². The van der Waals surface area contributed by atoms with Crippen LogP contribution in [-0.4, -0.2) is 25.6 Å². The van der Waals surface area contributed by atoms with Crippen LogP contribution in [0.25, 0.3) is 5.57 Å². The summed E-state index contributed by atoms with van der Waals surface area (Å²) in [6.45, 7) is 1.79. The molecule has 0 aliphatic carbocycles. The maximum atomic E-state index is 11.6. The average molecular weight is 321 g/mol. The summed E-state index contributed by atoms with van der Waals surface area (Å²) in [5.41, 5.74) is 0.736. The summed E-state index contributed by atoms with van der Waals surface area (Å²) in [4.78, 5) is 11.6. The molecule has 0 bridgehead atoms. The third-order valence-corrected chi connectivity index (χ3v) is 2.94. The van der Waals surface area contributed by atoms with Crippen molar-refractivity contribution in [1.29, 1.82) is 15.9 Å². The van der Waals surface area contributed by atoms with Gasteiger partial charge in [0.25, 0.3) is 0 Å². The van der Waals surface area contributed by atoms with Gasteiger partial charge in [0.05, 0.1) is 13.7 Å². The van der Waals surface area contributed by atoms with E-state index >= 15 is 0 Å². The number of nitrogens with zero attached hydrogens (tertiary/aromatic N) is 2. The van der Waals surface area contributed by atoms with Gasteiger partial charge in [-0.2, -0.15) is 10.5 Å². The zero-order chi connectivity index (χ0) is 17.9. The molecule has 1 rings (SSSR count). The Kier molecular flexibility index (Phi) is 7.24. The molecule has 1 aromatic carbocycles. The molecule has 24 heavy (non-hydrogen) atoms. The molecule has 0 aromatic heterocycles. The summed E-state index contributed by atoms with van der Waals surface area (Å²) in [5, 5.41) is 25.4. The summed E-state index contributed by atoms with van der Waals surface area (Å²) in [6.07, 6.45) is 2.67. The lowest BCUT2D eigenvalue weighted by Crippen LogP contribution is -2.05. The van der Waals surface area contributed by atoms with Crippen LogP contribution in [0.1, 0.15) is 12.5 Å². The van der Waals surface area contributed by atoms with Gasteiger partial charge in [0.15, 0.2) is 0 Å². The number of methoxy groups -OCH3 is 1. The molecular formula is C18H15N3O3. The van der Waals surface area contributed by atoms with E-state index in [-0.39, 0.29) is 17.8 Å². The molecule has 0 heterocycles. The second-order valence-electron chi connectivity index (χ2n) is 4.33. The van der Waals surface area contributed by atoms with E-state index in [1.165, 1.54) is 19.3 Å². The molecule has 1 N–H and O–H groups in total. The standard InChI is InChI=1S/C18H15N3O3/c1-3-24-18(22)14(10-19)6-9-17(15(11-20)12-21)13-4-7-16(23-2)8-5-13/h4-9,20H,3H2,1-2H3. The molecule has 1 aromatic rings. The Labute approximate surface area is 140 Å². The monoisotopic (exact) mass is 321 g/mol. The maximum absolute atomic E-state index is 11.6. The number of carbonyl (C=O) groups is 1. The fourth-order valence-corrected chi connectivity index (χ4v) is 1.78. The van der Waals surface area contributed by atoms with E-state index in [0.29, 0.717) is 16.9 Å². The Morgan fingerprint density at radius 3 is 2.33 bits per heavy atom. The lowest BCUT2D eigenvalue weighted by Gasteiger charge is -2.06. The van der Waals surface area contributed by atoms with Crippen molar-refractivity contribution in [2.45, 2.75) is 6.92 Å². The van der Waals surface area contributed by atoms with Gasteiger partial charge < -0.3 is 9.47 Å². The van der Waals surface area contributed by atoms with Gasteiger partial charge in [-0.05, 0) is 36.6 Å². The molecule has 0 amide bonds. The largest absolute Gasteiger partial charge is 0.497 e. The van der Waals surface area contributed by atoms with Gasteiger partial charge in [-0.3, -0.25) is 5.41 Å². The predicted octanol–water partition coefficient (Wildman–Crippen LogP) is 2.79. The van der Waals surface area contributed by atoms with Crippen LogP contribution < -0.4 is 4.74 Å². The zero-order valence-corrected chi connectivity index (χ0v) is 13.3. The molecule has 0 saturated carbocycles. The van der Waals surface area contributed by atoms with Crippen LogP contribution in [0.4, 0.5) is 0 Å². The van der Waals surface area contributed by atoms with Crippen molar-refractivity contribution in [1.82, 2.24) is 0 Å². The van der Waals surface area contributed by atoms with Crippen molar-refractivity contribution in [3.8, 4) is 17.9 Å². The molecule has 6 nitrogen and oxygen atoms in total. The fourth-order valence-electron chi connectivity index (χ4n) is 1.78. The third kappa shape index (κ3) is 4.71. The van der Waals surface area contributed by atoms with E-state index in [9.17, 15) is 4.79 Å². The number of rotatable bonds is 6. The van der Waals surface area contributed by atoms with Crippen LogP contribution in [0.5, 0.6) is 5.75 Å². The van der Waals surface area contributed by atoms with Gasteiger partial charge >= 0.3 is 5.97 Å². The Bertz CT molecular complexity index is 799. The molecule has 0 aliphatic heterocycles. The number of carbonyl (C=O) groups excluding carboxylic acids is 1. The highest BCUT2D eigenvalue weighted by Crippen LogP contribution is 2.24. The number of esters is 1. The average Bonchev–Trinajstić information content (AvgIpc) is 2.62. The normalized spacial score (nSPS) is 10.8. The van der Waals surface area contributed by atoms with Crippen LogP contribution in [-0.2, 0) is 9.53 Å². The van der Waals surface area contributed by atoms with Crippen molar-refractivity contribution in [2.75, 3.05) is 13.7 Å². The molecule has 0 radical (unpaired) electrons. The van der Waals surface area contributed by atoms with Crippen molar-refractivity contribution >= 4 is 17.4 Å². The number of hydrogen-bond donors (Lipinski definition) is 1. The van der Waals surface area contributed by atoms with Gasteiger partial charge in [-0.25, -0.2) is 4.79 Å². The zero-order valence-electron chi connectivity index (χ0n) is 13.3. The first-order chi connectivity index (χ1) is 11.6. The Morgan fingerprint density at radius 2 is 1.88 bits per heavy atom. The minimum Gasteiger partial charge on any atom is -0.497 e. The maximum Gasteiger partial charge on any atom is 0.348 e. The minimum atomic E-state index is -0.748. The van der Waals surface area contributed by atoms with Crippen LogP contribution in [0.15, 0.2) is 47.6 Å². The molecule has 6 heteroatoms. The first kappa shape index (κ1) is 18.4. The van der Waals surface area contributed by atoms with Gasteiger partial charge in [0, 0.05) is 5.57 Å². The SMILES string of the molecule is CCOC(=O)C(C#N)=CC=C(C(=C=N)C#N)c1ccc(OC)cc1. The lowest BCUT2D eigenvalue weighted by atomic mass is 9.98. The van der Waals surface area contributed by atoms with Crippen molar-refractivity contribution in [3.63, 3.8) is 0 Å². The van der Waals surface area contributed by atoms with E-state index in [0.717, 1.165) is 0 Å². The molecular weight excluding hydrogens is 306 g/mol. The summed E-state index contributed by atoms with van der Waals surface area (Å²) < 4.78 is 9.85. The van der Waals surface area contributed by atoms with Crippen LogP contribution in [0.2, 0.25) is 0 Å². The number of allylic oxidation sites excluding steroid dienone is 4. The Morgan fingerprint density at radius 1 is 1.21 bits per heavy atom. The molecule has 120 valence electrons. The Balaban J connectivity index is 3.38. The summed E-state index contributed by atoms with van der Waals surface area (Å²) in [7, 11) is 1.53. The number of nitriles is 2. The van der Waals surface area contributed by atoms with Crippen molar-refractivity contribution in [2.24, 2.45) is 0 Å². The van der Waals surface area contributed by atoms with Gasteiger partial charge in [-0.1, -0.05) is 18.2 Å². The highest BCUT2D eigenvalue weighted by atomic mass is 16.5. The lowest BCUT2D eigenvalue weighted by molar-refractivity contribution is -0.138. The highest BCUT2D eigenvalue weighted by Gasteiger charge is 2.11. The molecule has 0 spiro atoms. The summed E-state index contributed by atoms with van der Waals surface area (Å²) >= 11 is 0. The van der Waals surface area contributed by atoms with Crippen molar-refractivity contribution in [3.05, 3.63) is 53.1 Å². The molecule has 0 saturated heterocycles. The minimum absolute atomic E-state index is 0.0300. The molecule has 0 unspecified atom stereocenters. The van der Waals surface area contributed by atoms with E-state index in [1.807, 2.05) is 6.07 Å². The quantitative estimate of drug-likeness (QED) is 0.285. The Hall–Kier alpha value is -3.60. The number of ether oxygens (including phenoxy) is 2. The highest BCUT2D eigenvalue weighted by molar-refractivity contribution is 5.96. The smallest absolute Gasteiger partial charge is 0.348 e. The van der Waals surface area contributed by atoms with Crippen LogP contribution >= 0.6 is 0 Å². The second-order valence-corrected chi connectivity index (χ2v) is 4.33. The van der Waals surface area contributed by atoms with Gasteiger partial charge in [0.1, 0.15) is 29.0 Å². The number of hydrogen-bond acceptors (Lipinski definition) is 6. The first-order valence-corrected chi connectivity index (χ1v) is 6.95. The molecule has 0 atom stereocenters. The summed E-state index contributed by atoms with van der Waals surface area (Å²) in [6, 6.07) is 10.4. The second kappa shape index (κ2) is 9.42. The third-order valence-electron chi connectivity index (χ3n) is 2.94. The van der Waals surface area contributed by atoms with Crippen LogP contribution in [0, 0.1) is 28.1 Å². The predicted molar refractivity (Wildman–Crippen MR) is 88.2 cm³/mol. The number of benzene rings is 1. The fraction of sp³-hybridized carbons (Fsp3) is 0.167. The van der Waals surface area contributed by atoms with Gasteiger partial charge in [-0.15, -0.1) is 0 Å². The molecule has 0 fully saturated rings. The molecule has 0 aliphatic rings. The summed E-state index contributed by atoms with van der Waals surface area (Å²) in [5.74, 6) is 1.94. The van der Waals surface area contributed by atoms with E-state index < -0.39 is 5.97 Å².